The van der Waals surface area contributed by atoms with Gasteiger partial charge in [0.25, 0.3) is 5.91 Å². The third kappa shape index (κ3) is 4.74. The summed E-state index contributed by atoms with van der Waals surface area (Å²) in [6.45, 7) is 9.81. The molecule has 0 radical (unpaired) electrons. The first-order valence-electron chi connectivity index (χ1n) is 9.25. The van der Waals surface area contributed by atoms with Crippen molar-refractivity contribution in [1.82, 2.24) is 9.97 Å². The molecule has 0 atom stereocenters. The summed E-state index contributed by atoms with van der Waals surface area (Å²) in [5.41, 5.74) is 6.94. The highest BCUT2D eigenvalue weighted by Gasteiger charge is 2.11. The second kappa shape index (κ2) is 8.21. The molecule has 0 aliphatic carbocycles. The first-order valence-corrected chi connectivity index (χ1v) is 9.25. The number of nitrogens with one attached hydrogen (secondary N) is 1. The predicted octanol–water partition coefficient (Wildman–Crippen LogP) is 4.70. The number of hydrogen-bond acceptors (Lipinski definition) is 4. The van der Waals surface area contributed by atoms with E-state index >= 15 is 0 Å². The molecule has 5 heteroatoms. The normalized spacial score (nSPS) is 10.6. The summed E-state index contributed by atoms with van der Waals surface area (Å²) < 4.78 is 5.65. The van der Waals surface area contributed by atoms with E-state index in [9.17, 15) is 4.79 Å². The molecule has 2 aromatic carbocycles. The van der Waals surface area contributed by atoms with E-state index in [1.165, 1.54) is 11.1 Å². The lowest BCUT2D eigenvalue weighted by atomic mass is 10.1. The highest BCUT2D eigenvalue weighted by atomic mass is 16.5. The number of benzene rings is 2. The molecule has 1 aromatic heterocycles. The Bertz CT molecular complexity index is 988. The molecule has 0 aliphatic rings. The summed E-state index contributed by atoms with van der Waals surface area (Å²) in [5.74, 6) is 0.749. The molecule has 5 nitrogen and oxygen atoms in total. The number of amides is 1. The molecule has 0 unspecified atom stereocenters. The highest BCUT2D eigenvalue weighted by molar-refractivity contribution is 5.93. The fourth-order valence-electron chi connectivity index (χ4n) is 3.14. The van der Waals surface area contributed by atoms with Crippen LogP contribution in [0.5, 0.6) is 5.88 Å². The third-order valence-corrected chi connectivity index (χ3v) is 4.43. The summed E-state index contributed by atoms with van der Waals surface area (Å²) in [7, 11) is 0. The van der Waals surface area contributed by atoms with Crippen molar-refractivity contribution in [2.75, 3.05) is 11.9 Å². The molecule has 0 fully saturated rings. The van der Waals surface area contributed by atoms with Crippen molar-refractivity contribution >= 4 is 11.6 Å². The van der Waals surface area contributed by atoms with Crippen molar-refractivity contribution in [3.05, 3.63) is 70.4 Å². The zero-order valence-corrected chi connectivity index (χ0v) is 17.0. The van der Waals surface area contributed by atoms with E-state index in [1.54, 1.807) is 6.07 Å². The van der Waals surface area contributed by atoms with Gasteiger partial charge < -0.3 is 10.1 Å². The van der Waals surface area contributed by atoms with Crippen molar-refractivity contribution in [1.29, 1.82) is 0 Å². The molecule has 1 heterocycles. The summed E-state index contributed by atoms with van der Waals surface area (Å²) in [5, 5.41) is 2.94. The number of rotatable bonds is 5. The number of nitrogens with zero attached hydrogens (tertiary/aromatic N) is 2. The predicted molar refractivity (Wildman–Crippen MR) is 112 cm³/mol. The van der Waals surface area contributed by atoms with Crippen LogP contribution in [0.4, 0.5) is 5.69 Å². The molecular weight excluding hydrogens is 350 g/mol. The van der Waals surface area contributed by atoms with Crippen LogP contribution in [0.25, 0.3) is 11.4 Å². The Morgan fingerprint density at radius 1 is 0.893 bits per heavy atom. The van der Waals surface area contributed by atoms with Crippen molar-refractivity contribution in [3.8, 4) is 17.3 Å². The maximum absolute atomic E-state index is 12.4. The van der Waals surface area contributed by atoms with E-state index in [4.69, 9.17) is 4.74 Å². The molecule has 0 bridgehead atoms. The second-order valence-corrected chi connectivity index (χ2v) is 7.15. The van der Waals surface area contributed by atoms with Gasteiger partial charge in [-0.25, -0.2) is 4.98 Å². The van der Waals surface area contributed by atoms with Crippen molar-refractivity contribution < 1.29 is 9.53 Å². The van der Waals surface area contributed by atoms with Gasteiger partial charge in [-0.2, -0.15) is 4.98 Å². The van der Waals surface area contributed by atoms with Crippen LogP contribution >= 0.6 is 0 Å². The van der Waals surface area contributed by atoms with Gasteiger partial charge >= 0.3 is 0 Å². The lowest BCUT2D eigenvalue weighted by Crippen LogP contribution is -2.21. The zero-order chi connectivity index (χ0) is 20.3. The molecule has 0 saturated carbocycles. The summed E-state index contributed by atoms with van der Waals surface area (Å²) in [6, 6.07) is 13.8. The maximum Gasteiger partial charge on any atom is 0.262 e. The van der Waals surface area contributed by atoms with Gasteiger partial charge in [0.05, 0.1) is 0 Å². The Morgan fingerprint density at radius 3 is 2.18 bits per heavy atom. The Kier molecular flexibility index (Phi) is 5.73. The van der Waals surface area contributed by atoms with Crippen LogP contribution in [0, 0.1) is 34.6 Å². The van der Waals surface area contributed by atoms with Gasteiger partial charge in [0.1, 0.15) is 0 Å². The smallest absolute Gasteiger partial charge is 0.262 e. The highest BCUT2D eigenvalue weighted by Crippen LogP contribution is 2.22. The van der Waals surface area contributed by atoms with E-state index in [0.717, 1.165) is 28.1 Å². The zero-order valence-electron chi connectivity index (χ0n) is 17.0. The van der Waals surface area contributed by atoms with Crippen LogP contribution in [0.2, 0.25) is 0 Å². The number of carbonyl (C=O) groups excluding carboxylic acids is 1. The van der Waals surface area contributed by atoms with E-state index in [-0.39, 0.29) is 12.5 Å². The maximum atomic E-state index is 12.4. The van der Waals surface area contributed by atoms with E-state index in [2.05, 4.69) is 15.3 Å². The lowest BCUT2D eigenvalue weighted by Gasteiger charge is -2.13. The summed E-state index contributed by atoms with van der Waals surface area (Å²) >= 11 is 0. The molecule has 3 aromatic rings. The molecule has 3 rings (SSSR count). The van der Waals surface area contributed by atoms with E-state index in [1.807, 2.05) is 71.0 Å². The first kappa shape index (κ1) is 19.5. The number of aromatic nitrogens is 2. The number of ether oxygens (including phenoxy) is 1. The fraction of sp³-hybridized carbons (Fsp3) is 0.261. The summed E-state index contributed by atoms with van der Waals surface area (Å²) in [6.07, 6.45) is 0. The third-order valence-electron chi connectivity index (χ3n) is 4.43. The Morgan fingerprint density at radius 2 is 1.54 bits per heavy atom. The van der Waals surface area contributed by atoms with Gasteiger partial charge in [0.15, 0.2) is 12.4 Å². The van der Waals surface area contributed by atoms with Crippen LogP contribution in [0.15, 0.2) is 42.5 Å². The molecule has 1 N–H and O–H groups in total. The van der Waals surface area contributed by atoms with E-state index < -0.39 is 0 Å². The lowest BCUT2D eigenvalue weighted by molar-refractivity contribution is -0.118. The van der Waals surface area contributed by atoms with Gasteiger partial charge in [-0.1, -0.05) is 47.5 Å². The minimum absolute atomic E-state index is 0.115. The van der Waals surface area contributed by atoms with Crippen LogP contribution in [0.1, 0.15) is 27.9 Å². The molecule has 144 valence electrons. The van der Waals surface area contributed by atoms with Gasteiger partial charge in [0.2, 0.25) is 5.88 Å². The molecule has 28 heavy (non-hydrogen) atoms. The van der Waals surface area contributed by atoms with Gasteiger partial charge in [-0.3, -0.25) is 4.79 Å². The summed E-state index contributed by atoms with van der Waals surface area (Å²) in [4.78, 5) is 21.3. The van der Waals surface area contributed by atoms with Crippen LogP contribution in [-0.4, -0.2) is 22.5 Å². The van der Waals surface area contributed by atoms with Gasteiger partial charge in [0, 0.05) is 23.0 Å². The quantitative estimate of drug-likeness (QED) is 0.702. The van der Waals surface area contributed by atoms with Crippen LogP contribution in [0.3, 0.4) is 0 Å². The topological polar surface area (TPSA) is 64.1 Å². The second-order valence-electron chi connectivity index (χ2n) is 7.15. The van der Waals surface area contributed by atoms with E-state index in [0.29, 0.717) is 11.7 Å². The Hall–Kier alpha value is -3.21. The molecular formula is C23H25N3O2. The largest absolute Gasteiger partial charge is 0.467 e. The number of hydrogen-bond donors (Lipinski definition) is 1. The molecule has 1 amide bonds. The standard InChI is InChI=1S/C23H25N3O2/c1-14-6-8-19(9-7-14)23-24-18(5)12-21(26-23)28-13-20(27)25-22-16(3)10-15(2)11-17(22)4/h6-12H,13H2,1-5H3,(H,25,27). The van der Waals surface area contributed by atoms with Crippen LogP contribution < -0.4 is 10.1 Å². The number of anilines is 1. The van der Waals surface area contributed by atoms with Crippen molar-refractivity contribution in [3.63, 3.8) is 0 Å². The molecule has 0 spiro atoms. The van der Waals surface area contributed by atoms with Crippen molar-refractivity contribution in [2.45, 2.75) is 34.6 Å². The SMILES string of the molecule is Cc1ccc(-c2nc(C)cc(OCC(=O)Nc3c(C)cc(C)cc3C)n2)cc1. The average Bonchev–Trinajstić information content (AvgIpc) is 2.63. The molecule has 0 aliphatic heterocycles. The van der Waals surface area contributed by atoms with Crippen molar-refractivity contribution in [2.24, 2.45) is 0 Å². The first-order chi connectivity index (χ1) is 13.3. The minimum atomic E-state index is -0.219. The fourth-order valence-corrected chi connectivity index (χ4v) is 3.14. The monoisotopic (exact) mass is 375 g/mol. The van der Waals surface area contributed by atoms with Gasteiger partial charge in [-0.05, 0) is 45.7 Å². The van der Waals surface area contributed by atoms with Gasteiger partial charge in [-0.15, -0.1) is 0 Å². The average molecular weight is 375 g/mol. The number of aryl methyl sites for hydroxylation is 5. The molecule has 0 saturated heterocycles. The Labute approximate surface area is 165 Å². The minimum Gasteiger partial charge on any atom is -0.467 e. The number of carbonyl (C=O) groups is 1. The Balaban J connectivity index is 1.71. The van der Waals surface area contributed by atoms with Crippen LogP contribution in [-0.2, 0) is 4.79 Å².